The molecule has 1 fully saturated rings. The molecule has 1 aromatic heterocycles. The van der Waals surface area contributed by atoms with Crippen molar-refractivity contribution in [3.05, 3.63) is 41.3 Å². The Morgan fingerprint density at radius 3 is 2.68 bits per heavy atom. The molecule has 0 unspecified atom stereocenters. The average Bonchev–Trinajstić information content (AvgIpc) is 2.89. The minimum Gasteiger partial charge on any atom is -0.441 e. The van der Waals surface area contributed by atoms with Crippen LogP contribution in [0.3, 0.4) is 0 Å². The third-order valence-electron chi connectivity index (χ3n) is 4.82. The molecule has 0 aliphatic carbocycles. The topological polar surface area (TPSA) is 29.3 Å². The average molecular weight is 298 g/mol. The van der Waals surface area contributed by atoms with Gasteiger partial charge in [-0.2, -0.15) is 0 Å². The highest BCUT2D eigenvalue weighted by atomic mass is 16.4. The molecule has 1 aromatic carbocycles. The third-order valence-corrected chi connectivity index (χ3v) is 4.82. The fraction of sp³-hybridized carbons (Fsp3) is 0.526. The Labute approximate surface area is 133 Å². The van der Waals surface area contributed by atoms with Gasteiger partial charge in [0.15, 0.2) is 0 Å². The van der Waals surface area contributed by atoms with Crippen LogP contribution >= 0.6 is 0 Å². The van der Waals surface area contributed by atoms with Gasteiger partial charge in [0, 0.05) is 12.1 Å². The van der Waals surface area contributed by atoms with E-state index in [9.17, 15) is 0 Å². The standard InChI is InChI=1S/C19H26N2O/c1-4-16-8-10-21(11-9-16)13-18-15(3)22-19(20-18)17-7-5-6-14(2)12-17/h5-7,12,16H,4,8-11,13H2,1-3H3. The molecule has 0 atom stereocenters. The number of rotatable bonds is 4. The second-order valence-electron chi connectivity index (χ2n) is 6.52. The normalized spacial score (nSPS) is 17.0. The maximum atomic E-state index is 5.90. The van der Waals surface area contributed by atoms with E-state index in [0.717, 1.165) is 35.4 Å². The van der Waals surface area contributed by atoms with Crippen molar-refractivity contribution in [3.8, 4) is 11.5 Å². The Morgan fingerprint density at radius 1 is 1.23 bits per heavy atom. The first kappa shape index (κ1) is 15.3. The van der Waals surface area contributed by atoms with E-state index >= 15 is 0 Å². The first-order chi connectivity index (χ1) is 10.7. The van der Waals surface area contributed by atoms with E-state index in [2.05, 4.69) is 43.0 Å². The van der Waals surface area contributed by atoms with Gasteiger partial charge in [-0.05, 0) is 57.8 Å². The van der Waals surface area contributed by atoms with Crippen LogP contribution in [0.5, 0.6) is 0 Å². The van der Waals surface area contributed by atoms with E-state index in [1.54, 1.807) is 0 Å². The fourth-order valence-electron chi connectivity index (χ4n) is 3.24. The summed E-state index contributed by atoms with van der Waals surface area (Å²) in [6, 6.07) is 8.34. The van der Waals surface area contributed by atoms with Crippen LogP contribution in [0.25, 0.3) is 11.5 Å². The van der Waals surface area contributed by atoms with Gasteiger partial charge in [0.2, 0.25) is 5.89 Å². The molecular weight excluding hydrogens is 272 g/mol. The van der Waals surface area contributed by atoms with Gasteiger partial charge in [-0.15, -0.1) is 0 Å². The zero-order valence-electron chi connectivity index (χ0n) is 13.9. The SMILES string of the molecule is CCC1CCN(Cc2nc(-c3cccc(C)c3)oc2C)CC1. The van der Waals surface area contributed by atoms with Gasteiger partial charge in [0.05, 0.1) is 5.69 Å². The second kappa shape index (κ2) is 6.66. The van der Waals surface area contributed by atoms with Crippen LogP contribution in [-0.4, -0.2) is 23.0 Å². The van der Waals surface area contributed by atoms with Crippen molar-refractivity contribution < 1.29 is 4.42 Å². The first-order valence-corrected chi connectivity index (χ1v) is 8.41. The van der Waals surface area contributed by atoms with E-state index in [1.807, 2.05) is 6.92 Å². The number of benzene rings is 1. The molecule has 0 N–H and O–H groups in total. The molecule has 1 saturated heterocycles. The molecule has 3 heteroatoms. The second-order valence-corrected chi connectivity index (χ2v) is 6.52. The molecule has 3 nitrogen and oxygen atoms in total. The van der Waals surface area contributed by atoms with Crippen LogP contribution in [0.2, 0.25) is 0 Å². The van der Waals surface area contributed by atoms with Gasteiger partial charge in [-0.1, -0.05) is 31.0 Å². The molecule has 118 valence electrons. The van der Waals surface area contributed by atoms with Crippen LogP contribution in [0.15, 0.2) is 28.7 Å². The van der Waals surface area contributed by atoms with Gasteiger partial charge in [0.1, 0.15) is 5.76 Å². The van der Waals surface area contributed by atoms with Crippen molar-refractivity contribution in [2.75, 3.05) is 13.1 Å². The largest absolute Gasteiger partial charge is 0.441 e. The highest BCUT2D eigenvalue weighted by Crippen LogP contribution is 2.25. The number of likely N-dealkylation sites (tertiary alicyclic amines) is 1. The maximum Gasteiger partial charge on any atom is 0.226 e. The first-order valence-electron chi connectivity index (χ1n) is 8.41. The van der Waals surface area contributed by atoms with Crippen molar-refractivity contribution in [1.29, 1.82) is 0 Å². The molecule has 3 rings (SSSR count). The van der Waals surface area contributed by atoms with Crippen molar-refractivity contribution in [1.82, 2.24) is 9.88 Å². The minimum absolute atomic E-state index is 0.750. The molecular formula is C19H26N2O. The zero-order chi connectivity index (χ0) is 15.5. The molecule has 22 heavy (non-hydrogen) atoms. The van der Waals surface area contributed by atoms with Crippen LogP contribution in [0, 0.1) is 19.8 Å². The van der Waals surface area contributed by atoms with E-state index in [-0.39, 0.29) is 0 Å². The molecule has 0 radical (unpaired) electrons. The van der Waals surface area contributed by atoms with Crippen LogP contribution in [-0.2, 0) is 6.54 Å². The Kier molecular flexibility index (Phi) is 4.63. The summed E-state index contributed by atoms with van der Waals surface area (Å²) in [5.74, 6) is 2.62. The lowest BCUT2D eigenvalue weighted by Gasteiger charge is -2.30. The predicted octanol–water partition coefficient (Wildman–Crippen LogP) is 4.58. The number of hydrogen-bond acceptors (Lipinski definition) is 3. The molecule has 0 saturated carbocycles. The molecule has 0 bridgehead atoms. The van der Waals surface area contributed by atoms with Crippen LogP contribution < -0.4 is 0 Å². The van der Waals surface area contributed by atoms with E-state index in [0.29, 0.717) is 0 Å². The molecule has 2 aromatic rings. The monoisotopic (exact) mass is 298 g/mol. The van der Waals surface area contributed by atoms with E-state index in [1.165, 1.54) is 37.9 Å². The number of aromatic nitrogens is 1. The lowest BCUT2D eigenvalue weighted by atomic mass is 9.94. The number of hydrogen-bond donors (Lipinski definition) is 0. The van der Waals surface area contributed by atoms with Gasteiger partial charge < -0.3 is 4.42 Å². The summed E-state index contributed by atoms with van der Waals surface area (Å²) in [5, 5.41) is 0. The Balaban J connectivity index is 1.70. The van der Waals surface area contributed by atoms with Gasteiger partial charge in [-0.3, -0.25) is 4.90 Å². The summed E-state index contributed by atoms with van der Waals surface area (Å²) < 4.78 is 5.90. The number of piperidine rings is 1. The highest BCUT2D eigenvalue weighted by molar-refractivity contribution is 5.54. The van der Waals surface area contributed by atoms with E-state index in [4.69, 9.17) is 9.40 Å². The summed E-state index contributed by atoms with van der Waals surface area (Å²) in [7, 11) is 0. The zero-order valence-corrected chi connectivity index (χ0v) is 13.9. The Bertz CT molecular complexity index is 624. The maximum absolute atomic E-state index is 5.90. The number of oxazole rings is 1. The van der Waals surface area contributed by atoms with Crippen LogP contribution in [0.1, 0.15) is 43.2 Å². The lowest BCUT2D eigenvalue weighted by Crippen LogP contribution is -2.33. The highest BCUT2D eigenvalue weighted by Gasteiger charge is 2.20. The summed E-state index contributed by atoms with van der Waals surface area (Å²) in [4.78, 5) is 7.26. The van der Waals surface area contributed by atoms with Crippen molar-refractivity contribution in [2.24, 2.45) is 5.92 Å². The quantitative estimate of drug-likeness (QED) is 0.827. The van der Waals surface area contributed by atoms with Crippen molar-refractivity contribution in [3.63, 3.8) is 0 Å². The third kappa shape index (κ3) is 3.41. The molecule has 2 heterocycles. The van der Waals surface area contributed by atoms with E-state index < -0.39 is 0 Å². The summed E-state index contributed by atoms with van der Waals surface area (Å²) in [6.45, 7) is 9.71. The van der Waals surface area contributed by atoms with Crippen molar-refractivity contribution in [2.45, 2.75) is 46.6 Å². The smallest absolute Gasteiger partial charge is 0.226 e. The molecule has 1 aliphatic heterocycles. The summed E-state index contributed by atoms with van der Waals surface area (Å²) >= 11 is 0. The summed E-state index contributed by atoms with van der Waals surface area (Å²) in [6.07, 6.45) is 3.95. The lowest BCUT2D eigenvalue weighted by molar-refractivity contribution is 0.173. The van der Waals surface area contributed by atoms with Crippen molar-refractivity contribution >= 4 is 0 Å². The van der Waals surface area contributed by atoms with Crippen LogP contribution in [0.4, 0.5) is 0 Å². The summed E-state index contributed by atoms with van der Waals surface area (Å²) in [5.41, 5.74) is 3.39. The van der Waals surface area contributed by atoms with Gasteiger partial charge in [-0.25, -0.2) is 4.98 Å². The van der Waals surface area contributed by atoms with Gasteiger partial charge in [0.25, 0.3) is 0 Å². The molecule has 1 aliphatic rings. The minimum atomic E-state index is 0.750. The number of aryl methyl sites for hydroxylation is 2. The Morgan fingerprint density at radius 2 is 2.00 bits per heavy atom. The predicted molar refractivity (Wildman–Crippen MR) is 89.7 cm³/mol. The molecule has 0 spiro atoms. The van der Waals surface area contributed by atoms with Gasteiger partial charge >= 0.3 is 0 Å². The molecule has 0 amide bonds. The fourth-order valence-corrected chi connectivity index (χ4v) is 3.24. The Hall–Kier alpha value is -1.61. The number of nitrogens with zero attached hydrogens (tertiary/aromatic N) is 2.